The van der Waals surface area contributed by atoms with Gasteiger partial charge in [0.2, 0.25) is 0 Å². The number of aliphatic hydroxyl groups excluding tert-OH is 1. The Hall–Kier alpha value is -1.09. The van der Waals surface area contributed by atoms with Gasteiger partial charge in [-0.25, -0.2) is 0 Å². The Morgan fingerprint density at radius 2 is 2.33 bits per heavy atom. The maximum atomic E-state index is 12.3. The third kappa shape index (κ3) is 4.70. The van der Waals surface area contributed by atoms with E-state index in [-0.39, 0.29) is 12.5 Å². The molecule has 0 aromatic heterocycles. The quantitative estimate of drug-likeness (QED) is 0.835. The Kier molecular flexibility index (Phi) is 6.50. The number of hydrogen-bond donors (Lipinski definition) is 2. The van der Waals surface area contributed by atoms with Gasteiger partial charge < -0.3 is 10.4 Å². The molecule has 0 aliphatic carbocycles. The molecule has 1 aromatic carbocycles. The van der Waals surface area contributed by atoms with Crippen LogP contribution in [0.15, 0.2) is 18.2 Å². The van der Waals surface area contributed by atoms with Gasteiger partial charge in [-0.05, 0) is 24.6 Å². The van der Waals surface area contributed by atoms with Gasteiger partial charge >= 0.3 is 0 Å². The molecule has 0 radical (unpaired) electrons. The largest absolute Gasteiger partial charge is 0.384 e. The van der Waals surface area contributed by atoms with Gasteiger partial charge in [-0.2, -0.15) is 23.5 Å². The zero-order valence-corrected chi connectivity index (χ0v) is 13.6. The van der Waals surface area contributed by atoms with Crippen LogP contribution < -0.4 is 5.32 Å². The van der Waals surface area contributed by atoms with Gasteiger partial charge in [0.05, 0.1) is 0 Å². The molecular formula is C16H19NO2S2. The van der Waals surface area contributed by atoms with Crippen molar-refractivity contribution >= 4 is 29.4 Å². The van der Waals surface area contributed by atoms with Gasteiger partial charge in [0.15, 0.2) is 0 Å². The van der Waals surface area contributed by atoms with Crippen LogP contribution in [-0.2, 0) is 0 Å². The molecule has 0 spiro atoms. The van der Waals surface area contributed by atoms with Crippen LogP contribution in [-0.4, -0.2) is 46.7 Å². The third-order valence-electron chi connectivity index (χ3n) is 3.26. The van der Waals surface area contributed by atoms with Crippen LogP contribution in [0.2, 0.25) is 0 Å². The van der Waals surface area contributed by atoms with Crippen LogP contribution >= 0.6 is 23.5 Å². The fourth-order valence-corrected chi connectivity index (χ4v) is 4.72. The highest BCUT2D eigenvalue weighted by atomic mass is 32.2. The van der Waals surface area contributed by atoms with Gasteiger partial charge in [0, 0.05) is 40.2 Å². The number of thioether (sulfide) groups is 2. The van der Waals surface area contributed by atoms with Gasteiger partial charge in [0.1, 0.15) is 6.61 Å². The van der Waals surface area contributed by atoms with E-state index in [9.17, 15) is 4.79 Å². The summed E-state index contributed by atoms with van der Waals surface area (Å²) in [7, 11) is 0. The first kappa shape index (κ1) is 16.3. The van der Waals surface area contributed by atoms with E-state index in [0.29, 0.717) is 17.4 Å². The Balaban J connectivity index is 2.01. The minimum atomic E-state index is -0.174. The van der Waals surface area contributed by atoms with Crippen LogP contribution in [0.25, 0.3) is 0 Å². The highest BCUT2D eigenvalue weighted by Crippen LogP contribution is 2.23. The SMILES string of the molecule is Cc1c(C#CCO)cccc1C(=O)NCC1CSCCS1. The summed E-state index contributed by atoms with van der Waals surface area (Å²) in [5.41, 5.74) is 2.31. The summed E-state index contributed by atoms with van der Waals surface area (Å²) >= 11 is 3.88. The smallest absolute Gasteiger partial charge is 0.251 e. The van der Waals surface area contributed by atoms with Crippen LogP contribution in [0.4, 0.5) is 0 Å². The summed E-state index contributed by atoms with van der Waals surface area (Å²) in [4.78, 5) is 12.3. The second-order valence-electron chi connectivity index (χ2n) is 4.72. The van der Waals surface area contributed by atoms with Crippen molar-refractivity contribution < 1.29 is 9.90 Å². The first-order valence-electron chi connectivity index (χ1n) is 6.89. The molecule has 2 rings (SSSR count). The lowest BCUT2D eigenvalue weighted by atomic mass is 10.0. The molecule has 1 unspecified atom stereocenters. The molecule has 1 heterocycles. The van der Waals surface area contributed by atoms with Crippen LogP contribution in [0.3, 0.4) is 0 Å². The molecule has 21 heavy (non-hydrogen) atoms. The van der Waals surface area contributed by atoms with Crippen molar-refractivity contribution in [1.82, 2.24) is 5.32 Å². The molecule has 2 N–H and O–H groups in total. The van der Waals surface area contributed by atoms with E-state index in [1.165, 1.54) is 5.75 Å². The maximum Gasteiger partial charge on any atom is 0.251 e. The number of carbonyl (C=O) groups is 1. The molecule has 5 heteroatoms. The molecule has 1 atom stereocenters. The van der Waals surface area contributed by atoms with E-state index >= 15 is 0 Å². The topological polar surface area (TPSA) is 49.3 Å². The highest BCUT2D eigenvalue weighted by Gasteiger charge is 2.16. The highest BCUT2D eigenvalue weighted by molar-refractivity contribution is 8.06. The van der Waals surface area contributed by atoms with Gasteiger partial charge in [-0.3, -0.25) is 4.79 Å². The predicted octanol–water partition coefficient (Wildman–Crippen LogP) is 1.92. The van der Waals surface area contributed by atoms with Crippen molar-refractivity contribution in [3.8, 4) is 11.8 Å². The van der Waals surface area contributed by atoms with E-state index in [1.54, 1.807) is 0 Å². The first-order valence-corrected chi connectivity index (χ1v) is 9.09. The molecule has 112 valence electrons. The minimum absolute atomic E-state index is 0.0451. The molecule has 0 saturated carbocycles. The average Bonchev–Trinajstić information content (AvgIpc) is 2.52. The summed E-state index contributed by atoms with van der Waals surface area (Å²) in [6, 6.07) is 5.51. The van der Waals surface area contributed by atoms with Crippen LogP contribution in [0, 0.1) is 18.8 Å². The van der Waals surface area contributed by atoms with Crippen LogP contribution in [0.1, 0.15) is 21.5 Å². The summed E-state index contributed by atoms with van der Waals surface area (Å²) < 4.78 is 0. The number of rotatable bonds is 3. The third-order valence-corrected chi connectivity index (χ3v) is 6.10. The van der Waals surface area contributed by atoms with Gasteiger partial charge in [0.25, 0.3) is 5.91 Å². The van der Waals surface area contributed by atoms with E-state index in [2.05, 4.69) is 17.2 Å². The standard InChI is InChI=1S/C16H19NO2S2/c1-12-13(5-3-7-18)4-2-6-15(12)16(19)17-10-14-11-20-8-9-21-14/h2,4,6,14,18H,7-11H2,1H3,(H,17,19). The van der Waals surface area contributed by atoms with Crippen molar-refractivity contribution in [3.05, 3.63) is 34.9 Å². The molecule has 1 fully saturated rings. The number of nitrogens with one attached hydrogen (secondary N) is 1. The predicted molar refractivity (Wildman–Crippen MR) is 91.0 cm³/mol. The first-order chi connectivity index (χ1) is 10.2. The normalized spacial score (nSPS) is 17.7. The number of carbonyl (C=O) groups excluding carboxylic acids is 1. The molecular weight excluding hydrogens is 302 g/mol. The lowest BCUT2D eigenvalue weighted by Gasteiger charge is -2.21. The molecule has 1 amide bonds. The Labute approximate surface area is 134 Å². The molecule has 1 aliphatic rings. The van der Waals surface area contributed by atoms with Crippen molar-refractivity contribution in [2.24, 2.45) is 0 Å². The van der Waals surface area contributed by atoms with Crippen molar-refractivity contribution in [2.45, 2.75) is 12.2 Å². The van der Waals surface area contributed by atoms with E-state index in [1.807, 2.05) is 48.6 Å². The van der Waals surface area contributed by atoms with Crippen LogP contribution in [0.5, 0.6) is 0 Å². The Bertz CT molecular complexity index is 557. The number of hydrogen-bond acceptors (Lipinski definition) is 4. The maximum absolute atomic E-state index is 12.3. The monoisotopic (exact) mass is 321 g/mol. The fourth-order valence-electron chi connectivity index (χ4n) is 2.11. The average molecular weight is 321 g/mol. The van der Waals surface area contributed by atoms with E-state index < -0.39 is 0 Å². The molecule has 3 nitrogen and oxygen atoms in total. The summed E-state index contributed by atoms with van der Waals surface area (Å²) in [5, 5.41) is 12.3. The molecule has 1 aliphatic heterocycles. The number of benzene rings is 1. The lowest BCUT2D eigenvalue weighted by Crippen LogP contribution is -2.33. The summed E-state index contributed by atoms with van der Waals surface area (Å²) in [5.74, 6) is 8.93. The summed E-state index contributed by atoms with van der Waals surface area (Å²) in [6.45, 7) is 2.43. The Morgan fingerprint density at radius 3 is 3.05 bits per heavy atom. The zero-order valence-electron chi connectivity index (χ0n) is 12.0. The second-order valence-corrected chi connectivity index (χ2v) is 7.27. The van der Waals surface area contributed by atoms with Crippen molar-refractivity contribution in [1.29, 1.82) is 0 Å². The number of aliphatic hydroxyl groups is 1. The summed E-state index contributed by atoms with van der Waals surface area (Å²) in [6.07, 6.45) is 0. The molecule has 1 saturated heterocycles. The van der Waals surface area contributed by atoms with Crippen molar-refractivity contribution in [2.75, 3.05) is 30.4 Å². The second kappa shape index (κ2) is 8.38. The number of amides is 1. The zero-order chi connectivity index (χ0) is 15.1. The molecule has 0 bridgehead atoms. The fraction of sp³-hybridized carbons (Fsp3) is 0.438. The van der Waals surface area contributed by atoms with E-state index in [4.69, 9.17) is 5.11 Å². The minimum Gasteiger partial charge on any atom is -0.384 e. The van der Waals surface area contributed by atoms with Gasteiger partial charge in [-0.15, -0.1) is 0 Å². The Morgan fingerprint density at radius 1 is 1.48 bits per heavy atom. The lowest BCUT2D eigenvalue weighted by molar-refractivity contribution is 0.0953. The van der Waals surface area contributed by atoms with Gasteiger partial charge in [-0.1, -0.05) is 17.9 Å². The van der Waals surface area contributed by atoms with E-state index in [0.717, 1.165) is 22.6 Å². The van der Waals surface area contributed by atoms with Crippen molar-refractivity contribution in [3.63, 3.8) is 0 Å². The molecule has 1 aromatic rings.